The van der Waals surface area contributed by atoms with Crippen LogP contribution in [0.25, 0.3) is 5.52 Å². The van der Waals surface area contributed by atoms with Crippen molar-refractivity contribution in [3.63, 3.8) is 0 Å². The predicted octanol–water partition coefficient (Wildman–Crippen LogP) is 0.600. The Morgan fingerprint density at radius 3 is 2.97 bits per heavy atom. The molecule has 1 saturated carbocycles. The first-order chi connectivity index (χ1) is 17.6. The Labute approximate surface area is 204 Å². The van der Waals surface area contributed by atoms with Gasteiger partial charge < -0.3 is 15.5 Å². The normalized spacial score (nSPS) is 19.9. The van der Waals surface area contributed by atoms with Crippen molar-refractivity contribution in [2.24, 2.45) is 11.1 Å². The first-order valence-corrected chi connectivity index (χ1v) is 11.6. The molecule has 0 unspecified atom stereocenters. The standard InChI is InChI=1S/C22H23FN12O/c23-18-6-5-13(10-25-18)26-21(36)17-8-14(29-33-24)11-34(17)22-28-20(16-2-1-7-35(16)32-22)27-19-9-15(30-31-19)12-3-4-12/h1-2,5-7,9-10,12,14,17H,3-4,8,11H2,(H2,24,29)(H,26,36)(H2,27,28,30,31,32)/p+1/t14-,17-/m0/s1. The molecular weight excluding hydrogens is 467 g/mol. The lowest BCUT2D eigenvalue weighted by Crippen LogP contribution is -2.75. The number of anilines is 4. The van der Waals surface area contributed by atoms with Crippen molar-refractivity contribution < 1.29 is 14.3 Å². The van der Waals surface area contributed by atoms with Gasteiger partial charge in [0, 0.05) is 30.3 Å². The highest BCUT2D eigenvalue weighted by Gasteiger charge is 2.40. The summed E-state index contributed by atoms with van der Waals surface area (Å²) < 4.78 is 14.9. The summed E-state index contributed by atoms with van der Waals surface area (Å²) in [6.45, 7) is 0.390. The maximum absolute atomic E-state index is 13.2. The van der Waals surface area contributed by atoms with Gasteiger partial charge in [-0.15, -0.1) is 5.10 Å². The Kier molecular flexibility index (Phi) is 5.39. The fourth-order valence-corrected chi connectivity index (χ4v) is 4.44. The number of halogens is 1. The van der Waals surface area contributed by atoms with Gasteiger partial charge in [0.2, 0.25) is 17.8 Å². The molecule has 14 heteroatoms. The molecule has 0 spiro atoms. The third-order valence-corrected chi connectivity index (χ3v) is 6.35. The molecule has 36 heavy (non-hydrogen) atoms. The first kappa shape index (κ1) is 21.9. The molecule has 13 nitrogen and oxygen atoms in total. The van der Waals surface area contributed by atoms with Crippen LogP contribution in [0.3, 0.4) is 0 Å². The summed E-state index contributed by atoms with van der Waals surface area (Å²) in [6.07, 6.45) is 5.81. The van der Waals surface area contributed by atoms with E-state index >= 15 is 0 Å². The summed E-state index contributed by atoms with van der Waals surface area (Å²) in [5.41, 5.74) is 2.25. The minimum Gasteiger partial charge on any atom is -0.323 e. The lowest BCUT2D eigenvalue weighted by molar-refractivity contribution is -0.570. The van der Waals surface area contributed by atoms with E-state index in [1.165, 1.54) is 31.2 Å². The average Bonchev–Trinajstić information content (AvgIpc) is 3.25. The number of aromatic amines is 1. The molecule has 1 aliphatic carbocycles. The Bertz CT molecular complexity index is 1430. The highest BCUT2D eigenvalue weighted by atomic mass is 19.1. The molecule has 2 fully saturated rings. The molecule has 4 aromatic heterocycles. The van der Waals surface area contributed by atoms with Crippen LogP contribution in [0.1, 0.15) is 30.9 Å². The number of pyridine rings is 1. The Morgan fingerprint density at radius 2 is 2.19 bits per heavy atom. The van der Waals surface area contributed by atoms with Crippen LogP contribution in [-0.4, -0.2) is 54.3 Å². The van der Waals surface area contributed by atoms with Crippen LogP contribution in [0.4, 0.5) is 27.7 Å². The molecule has 4 aromatic rings. The summed E-state index contributed by atoms with van der Waals surface area (Å²) >= 11 is 0. The molecule has 184 valence electrons. The maximum atomic E-state index is 13.2. The van der Waals surface area contributed by atoms with Crippen molar-refractivity contribution in [3.05, 3.63) is 54.4 Å². The van der Waals surface area contributed by atoms with E-state index in [4.69, 9.17) is 10.8 Å². The van der Waals surface area contributed by atoms with Crippen molar-refractivity contribution in [2.45, 2.75) is 37.3 Å². The molecular formula is C22H24FN12O+. The van der Waals surface area contributed by atoms with Crippen LogP contribution in [-0.2, 0) is 4.79 Å². The number of amides is 1. The zero-order valence-electron chi connectivity index (χ0n) is 19.1. The van der Waals surface area contributed by atoms with Crippen molar-refractivity contribution in [2.75, 3.05) is 22.1 Å². The van der Waals surface area contributed by atoms with Gasteiger partial charge in [0.05, 0.1) is 23.7 Å². The van der Waals surface area contributed by atoms with E-state index in [1.807, 2.05) is 24.4 Å². The van der Waals surface area contributed by atoms with E-state index in [-0.39, 0.29) is 11.9 Å². The average molecular weight is 492 g/mol. The van der Waals surface area contributed by atoms with Gasteiger partial charge in [-0.05, 0) is 37.1 Å². The summed E-state index contributed by atoms with van der Waals surface area (Å²) in [5, 5.41) is 24.5. The number of H-pyrrole nitrogens is 1. The number of nitrogens with zero attached hydrogens (tertiary/aromatic N) is 7. The smallest absolute Gasteiger partial charge is 0.247 e. The minimum absolute atomic E-state index is 0.204. The van der Waals surface area contributed by atoms with E-state index in [2.05, 4.69) is 41.3 Å². The van der Waals surface area contributed by atoms with Crippen LogP contribution in [0.15, 0.2) is 47.9 Å². The molecule has 1 amide bonds. The van der Waals surface area contributed by atoms with E-state index in [1.54, 1.807) is 9.42 Å². The number of nitrogens with two attached hydrogens (primary N) is 1. The highest BCUT2D eigenvalue weighted by Crippen LogP contribution is 2.39. The summed E-state index contributed by atoms with van der Waals surface area (Å²) in [4.78, 5) is 23.4. The summed E-state index contributed by atoms with van der Waals surface area (Å²) in [6, 6.07) is 7.55. The minimum atomic E-state index is -0.637. The second-order valence-electron chi connectivity index (χ2n) is 8.92. The van der Waals surface area contributed by atoms with Crippen LogP contribution < -0.4 is 26.5 Å². The number of nitrogens with one attached hydrogen (secondary N) is 4. The van der Waals surface area contributed by atoms with Gasteiger partial charge >= 0.3 is 0 Å². The number of carbonyl (C=O) groups is 1. The van der Waals surface area contributed by atoms with Gasteiger partial charge in [0.1, 0.15) is 17.6 Å². The number of carbonyl (C=O) groups excluding carboxylic acids is 1. The zero-order chi connectivity index (χ0) is 24.6. The number of fused-ring (bicyclic) bond motifs is 1. The van der Waals surface area contributed by atoms with Crippen LogP contribution in [0.5, 0.6) is 0 Å². The third kappa shape index (κ3) is 4.28. The van der Waals surface area contributed by atoms with Gasteiger partial charge in [-0.2, -0.15) is 25.4 Å². The summed E-state index contributed by atoms with van der Waals surface area (Å²) in [7, 11) is 0. The second-order valence-corrected chi connectivity index (χ2v) is 8.92. The molecule has 1 aliphatic heterocycles. The van der Waals surface area contributed by atoms with Gasteiger partial charge in [-0.25, -0.2) is 9.50 Å². The zero-order valence-corrected chi connectivity index (χ0v) is 19.1. The van der Waals surface area contributed by atoms with Crippen molar-refractivity contribution in [3.8, 4) is 0 Å². The number of hydrogen-bond donors (Lipinski definition) is 5. The summed E-state index contributed by atoms with van der Waals surface area (Å²) in [5.74, 6) is 6.51. The highest BCUT2D eigenvalue weighted by molar-refractivity contribution is 5.97. The van der Waals surface area contributed by atoms with Crippen LogP contribution >= 0.6 is 0 Å². The molecule has 6 rings (SSSR count). The van der Waals surface area contributed by atoms with Gasteiger partial charge in [0.15, 0.2) is 11.6 Å². The second kappa shape index (κ2) is 8.87. The van der Waals surface area contributed by atoms with Gasteiger partial charge in [-0.3, -0.25) is 9.89 Å². The monoisotopic (exact) mass is 491 g/mol. The Morgan fingerprint density at radius 1 is 1.31 bits per heavy atom. The van der Waals surface area contributed by atoms with E-state index in [0.717, 1.165) is 11.2 Å². The number of rotatable bonds is 7. The molecule has 5 heterocycles. The molecule has 0 bridgehead atoms. The fourth-order valence-electron chi connectivity index (χ4n) is 4.44. The first-order valence-electron chi connectivity index (χ1n) is 11.6. The fraction of sp³-hybridized carbons (Fsp3) is 0.318. The van der Waals surface area contributed by atoms with E-state index in [9.17, 15) is 9.18 Å². The van der Waals surface area contributed by atoms with E-state index < -0.39 is 12.0 Å². The Hall–Kier alpha value is -4.62. The van der Waals surface area contributed by atoms with Gasteiger partial charge in [0.25, 0.3) is 0 Å². The molecule has 2 atom stereocenters. The number of hydrogen-bond acceptors (Lipinski definition) is 8. The number of aromatic nitrogens is 6. The van der Waals surface area contributed by atoms with Crippen molar-refractivity contribution in [1.29, 1.82) is 0 Å². The Balaban J connectivity index is 1.31. The SMILES string of the molecule is NN=[NH+][C@H]1C[C@@H](C(=O)Nc2ccc(F)nc2)N(c2nc(Nc3cc(C4CC4)[nH]n3)c3cccn3n2)C1. The topological polar surface area (TPSA) is 168 Å². The van der Waals surface area contributed by atoms with Crippen LogP contribution in [0, 0.1) is 5.95 Å². The van der Waals surface area contributed by atoms with Crippen molar-refractivity contribution in [1.82, 2.24) is 29.8 Å². The van der Waals surface area contributed by atoms with Crippen molar-refractivity contribution >= 4 is 34.7 Å². The lowest BCUT2D eigenvalue weighted by atomic mass is 10.1. The molecule has 0 radical (unpaired) electrons. The lowest BCUT2D eigenvalue weighted by Gasteiger charge is -2.23. The third-order valence-electron chi connectivity index (χ3n) is 6.35. The molecule has 6 N–H and O–H groups in total. The predicted molar refractivity (Wildman–Crippen MR) is 127 cm³/mol. The molecule has 0 aromatic carbocycles. The molecule has 1 saturated heterocycles. The van der Waals surface area contributed by atoms with Gasteiger partial charge in [-0.1, -0.05) is 0 Å². The largest absolute Gasteiger partial charge is 0.323 e. The van der Waals surface area contributed by atoms with Crippen LogP contribution in [0.2, 0.25) is 0 Å². The molecule has 2 aliphatic rings. The van der Waals surface area contributed by atoms with E-state index in [0.29, 0.717) is 42.2 Å². The maximum Gasteiger partial charge on any atom is 0.247 e. The quantitative estimate of drug-likeness (QED) is 0.108.